The molecule has 0 spiro atoms. The van der Waals surface area contributed by atoms with Crippen LogP contribution < -0.4 is 0 Å². The third kappa shape index (κ3) is 21.3. The standard InChI is InChI=1S/C8H7F11O2.C3H5F3.2CH4.FHO3S/c1-4(10,11)8(18,19)20-3-5(12,7(15,16)17)21-6(13,14)2-9;1-3(5,6)2-4;;;1-5(2,3)4/h2-3H2,1H3;2H2,1H3;2*1H4;(H,2,3,4)/p-1. The van der Waals surface area contributed by atoms with Crippen LogP contribution in [0.2, 0.25) is 0 Å². The molecule has 1 unspecified atom stereocenters. The molecule has 0 aliphatic heterocycles. The molecule has 0 rings (SSSR count). The Labute approximate surface area is 184 Å². The monoisotopic (exact) mass is 573 g/mol. The van der Waals surface area contributed by atoms with E-state index in [9.17, 15) is 65.4 Å². The highest BCUT2D eigenvalue weighted by atomic mass is 32.3. The van der Waals surface area contributed by atoms with Gasteiger partial charge in [0.05, 0.1) is 0 Å². The molecule has 0 N–H and O–H groups in total. The van der Waals surface area contributed by atoms with Crippen molar-refractivity contribution in [1.82, 2.24) is 0 Å². The van der Waals surface area contributed by atoms with E-state index in [0.717, 1.165) is 0 Å². The van der Waals surface area contributed by atoms with Crippen molar-refractivity contribution >= 4 is 10.5 Å². The molecule has 34 heavy (non-hydrogen) atoms. The lowest BCUT2D eigenvalue weighted by atomic mass is 10.3. The first-order valence-corrected chi connectivity index (χ1v) is 8.23. The van der Waals surface area contributed by atoms with Crippen LogP contribution in [0.4, 0.5) is 65.4 Å². The minimum atomic E-state index is -6.38. The first-order valence-electron chi connectivity index (χ1n) is 6.92. The van der Waals surface area contributed by atoms with Gasteiger partial charge >= 0.3 is 30.2 Å². The Balaban J connectivity index is -0.000000179. The van der Waals surface area contributed by atoms with E-state index in [1.165, 1.54) is 0 Å². The molecule has 0 fully saturated rings. The highest BCUT2D eigenvalue weighted by Gasteiger charge is 2.65. The average Bonchev–Trinajstić information content (AvgIpc) is 2.49. The molecule has 0 aromatic rings. The lowest BCUT2D eigenvalue weighted by Gasteiger charge is -2.32. The number of ether oxygens (including phenoxy) is 2. The topological polar surface area (TPSA) is 75.7 Å². The van der Waals surface area contributed by atoms with Crippen molar-refractivity contribution in [3.63, 3.8) is 0 Å². The molecule has 5 nitrogen and oxygen atoms in total. The van der Waals surface area contributed by atoms with Gasteiger partial charge < -0.3 is 9.29 Å². The van der Waals surface area contributed by atoms with Crippen molar-refractivity contribution < 1.29 is 87.8 Å². The van der Waals surface area contributed by atoms with Crippen LogP contribution in [0.25, 0.3) is 0 Å². The number of hydrogen-bond acceptors (Lipinski definition) is 5. The normalized spacial score (nSPS) is 14.8. The largest absolute Gasteiger partial charge is 0.722 e. The van der Waals surface area contributed by atoms with Crippen LogP contribution in [0.5, 0.6) is 0 Å². The van der Waals surface area contributed by atoms with Crippen molar-refractivity contribution in [1.29, 1.82) is 0 Å². The molecule has 0 bridgehead atoms. The zero-order valence-corrected chi connectivity index (χ0v) is 16.1. The highest BCUT2D eigenvalue weighted by Crippen LogP contribution is 2.42. The Hall–Kier alpha value is -1.22. The van der Waals surface area contributed by atoms with Crippen LogP contribution in [0.3, 0.4) is 0 Å². The molecular weight excluding hydrogens is 553 g/mol. The minimum Gasteiger partial charge on any atom is -0.722 e. The lowest BCUT2D eigenvalue weighted by molar-refractivity contribution is -0.441. The fourth-order valence-electron chi connectivity index (χ4n) is 0.743. The molecular formula is C13H20F15O5S-. The van der Waals surface area contributed by atoms with Gasteiger partial charge in [-0.3, -0.25) is 4.74 Å². The summed E-state index contributed by atoms with van der Waals surface area (Å²) < 4.78 is 209. The molecule has 0 heterocycles. The molecule has 0 saturated carbocycles. The van der Waals surface area contributed by atoms with Crippen LogP contribution in [-0.4, -0.2) is 69.0 Å². The first kappa shape index (κ1) is 42.9. The highest BCUT2D eigenvalue weighted by molar-refractivity contribution is 7.80. The summed E-state index contributed by atoms with van der Waals surface area (Å²) in [5.41, 5.74) is 0. The van der Waals surface area contributed by atoms with E-state index in [0.29, 0.717) is 6.92 Å². The van der Waals surface area contributed by atoms with Crippen molar-refractivity contribution in [3.8, 4) is 0 Å². The summed E-state index contributed by atoms with van der Waals surface area (Å²) in [5.74, 6) is -13.8. The average molecular weight is 573 g/mol. The SMILES string of the molecule is C.C.CC(F)(F)C(F)(F)OCC(F)(OC(F)(F)CF)C(F)(F)F.CC(F)(F)CF.O=S(=O)([O-])F. The molecule has 214 valence electrons. The van der Waals surface area contributed by atoms with Crippen molar-refractivity contribution in [2.24, 2.45) is 0 Å². The molecule has 0 saturated heterocycles. The summed E-state index contributed by atoms with van der Waals surface area (Å²) in [7, 11) is -5.42. The Bertz CT molecular complexity index is 635. The third-order valence-electron chi connectivity index (χ3n) is 2.07. The van der Waals surface area contributed by atoms with E-state index in [-0.39, 0.29) is 14.9 Å². The molecule has 0 radical (unpaired) electrons. The zero-order valence-electron chi connectivity index (χ0n) is 15.2. The van der Waals surface area contributed by atoms with E-state index in [4.69, 9.17) is 13.0 Å². The zero-order chi connectivity index (χ0) is 27.0. The molecule has 0 aliphatic carbocycles. The molecule has 0 aromatic carbocycles. The first-order chi connectivity index (χ1) is 13.5. The van der Waals surface area contributed by atoms with E-state index in [1.54, 1.807) is 0 Å². The van der Waals surface area contributed by atoms with E-state index in [1.807, 2.05) is 0 Å². The summed E-state index contributed by atoms with van der Waals surface area (Å²) in [6, 6.07) is 0. The van der Waals surface area contributed by atoms with Gasteiger partial charge in [0.1, 0.15) is 6.61 Å². The molecule has 0 amide bonds. The Morgan fingerprint density at radius 3 is 1.24 bits per heavy atom. The fraction of sp³-hybridized carbons (Fsp3) is 1.00. The van der Waals surface area contributed by atoms with Gasteiger partial charge in [-0.25, -0.2) is 26.0 Å². The van der Waals surface area contributed by atoms with Crippen LogP contribution in [0.1, 0.15) is 28.7 Å². The predicted molar refractivity (Wildman–Crippen MR) is 84.3 cm³/mol. The van der Waals surface area contributed by atoms with Crippen LogP contribution in [0, 0.1) is 0 Å². The second-order valence-corrected chi connectivity index (χ2v) is 6.18. The Morgan fingerprint density at radius 1 is 0.765 bits per heavy atom. The maximum absolute atomic E-state index is 13.2. The van der Waals surface area contributed by atoms with E-state index >= 15 is 0 Å². The van der Waals surface area contributed by atoms with Gasteiger partial charge in [0.2, 0.25) is 0 Å². The van der Waals surface area contributed by atoms with Gasteiger partial charge in [0.15, 0.2) is 13.3 Å². The van der Waals surface area contributed by atoms with E-state index < -0.39 is 73.5 Å². The maximum Gasteiger partial charge on any atom is 0.451 e. The second-order valence-electron chi connectivity index (χ2n) is 5.39. The van der Waals surface area contributed by atoms with Crippen LogP contribution in [-0.2, 0) is 20.0 Å². The number of alkyl halides is 14. The molecule has 0 aliphatic rings. The number of hydrogen-bond donors (Lipinski definition) is 0. The van der Waals surface area contributed by atoms with Gasteiger partial charge in [0, 0.05) is 13.8 Å². The Morgan fingerprint density at radius 2 is 1.06 bits per heavy atom. The lowest BCUT2D eigenvalue weighted by Crippen LogP contribution is -2.54. The van der Waals surface area contributed by atoms with Crippen molar-refractivity contribution in [3.05, 3.63) is 0 Å². The molecule has 21 heteroatoms. The van der Waals surface area contributed by atoms with Gasteiger partial charge in [-0.15, -0.1) is 3.89 Å². The number of rotatable bonds is 8. The van der Waals surface area contributed by atoms with Gasteiger partial charge in [-0.2, -0.15) is 43.9 Å². The van der Waals surface area contributed by atoms with Gasteiger partial charge in [0.25, 0.3) is 16.4 Å². The van der Waals surface area contributed by atoms with E-state index in [2.05, 4.69) is 9.47 Å². The summed E-state index contributed by atoms with van der Waals surface area (Å²) in [5, 5.41) is 0. The van der Waals surface area contributed by atoms with Gasteiger partial charge in [-0.05, 0) is 0 Å². The number of halogens is 15. The predicted octanol–water partition coefficient (Wildman–Crippen LogP) is 6.36. The second kappa shape index (κ2) is 14.4. The smallest absolute Gasteiger partial charge is 0.451 e. The quantitative estimate of drug-likeness (QED) is 0.192. The Kier molecular flexibility index (Phi) is 18.1. The van der Waals surface area contributed by atoms with Crippen molar-refractivity contribution in [2.45, 2.75) is 64.8 Å². The summed E-state index contributed by atoms with van der Waals surface area (Å²) >= 11 is 0. The fourth-order valence-corrected chi connectivity index (χ4v) is 0.743. The van der Waals surface area contributed by atoms with Crippen molar-refractivity contribution in [2.75, 3.05) is 20.0 Å². The summed E-state index contributed by atoms with van der Waals surface area (Å²) in [4.78, 5) is 0. The molecule has 1 atom stereocenters. The maximum atomic E-state index is 13.2. The van der Waals surface area contributed by atoms with Crippen LogP contribution in [0.15, 0.2) is 0 Å². The third-order valence-corrected chi connectivity index (χ3v) is 2.07. The van der Waals surface area contributed by atoms with Gasteiger partial charge in [-0.1, -0.05) is 14.9 Å². The summed E-state index contributed by atoms with van der Waals surface area (Å²) in [6.07, 6.45) is -17.3. The minimum absolute atomic E-state index is 0. The summed E-state index contributed by atoms with van der Waals surface area (Å²) in [6.45, 7) is -7.49. The molecule has 0 aromatic heterocycles. The van der Waals surface area contributed by atoms with Crippen LogP contribution >= 0.6 is 0 Å².